The summed E-state index contributed by atoms with van der Waals surface area (Å²) < 4.78 is 5.10. The van der Waals surface area contributed by atoms with Crippen LogP contribution in [0.5, 0.6) is 0 Å². The van der Waals surface area contributed by atoms with Gasteiger partial charge in [-0.05, 0) is 19.8 Å². The fourth-order valence-corrected chi connectivity index (χ4v) is 1.74. The predicted molar refractivity (Wildman–Crippen MR) is 68.5 cm³/mol. The number of aromatic nitrogens is 2. The number of rotatable bonds is 6. The van der Waals surface area contributed by atoms with Gasteiger partial charge >= 0.3 is 0 Å². The van der Waals surface area contributed by atoms with E-state index in [0.29, 0.717) is 12.5 Å². The number of hydrogen-bond acceptors (Lipinski definition) is 5. The minimum atomic E-state index is 0.242. The fraction of sp³-hybridized carbons (Fsp3) is 0.667. The summed E-state index contributed by atoms with van der Waals surface area (Å²) >= 11 is 0. The molecule has 5 heteroatoms. The summed E-state index contributed by atoms with van der Waals surface area (Å²) in [5.41, 5.74) is 0. The van der Waals surface area contributed by atoms with Crippen molar-refractivity contribution in [3.8, 4) is 0 Å². The first-order chi connectivity index (χ1) is 8.22. The van der Waals surface area contributed by atoms with Crippen LogP contribution in [0.1, 0.15) is 31.5 Å². The van der Waals surface area contributed by atoms with E-state index < -0.39 is 0 Å². The van der Waals surface area contributed by atoms with Crippen LogP contribution in [0.4, 0.5) is 11.6 Å². The van der Waals surface area contributed by atoms with Crippen molar-refractivity contribution in [1.82, 2.24) is 9.97 Å². The molecule has 1 unspecified atom stereocenters. The van der Waals surface area contributed by atoms with Gasteiger partial charge in [0.1, 0.15) is 17.5 Å². The number of anilines is 2. The van der Waals surface area contributed by atoms with Gasteiger partial charge in [-0.1, -0.05) is 0 Å². The smallest absolute Gasteiger partial charge is 0.136 e. The summed E-state index contributed by atoms with van der Waals surface area (Å²) in [6.07, 6.45) is 2.42. The standard InChI is InChI=1S/C12H20N4O/c1-8(7-17-3)14-11-6-10(13-2)15-12(16-11)9-4-5-9/h6,8-9H,4-5,7H2,1-3H3,(H2,13,14,15,16). The molecule has 5 nitrogen and oxygen atoms in total. The first kappa shape index (κ1) is 12.1. The van der Waals surface area contributed by atoms with Gasteiger partial charge in [-0.2, -0.15) is 0 Å². The molecule has 0 spiro atoms. The third-order valence-electron chi connectivity index (χ3n) is 2.75. The zero-order chi connectivity index (χ0) is 12.3. The van der Waals surface area contributed by atoms with Crippen LogP contribution in [0.25, 0.3) is 0 Å². The first-order valence-corrected chi connectivity index (χ1v) is 6.05. The zero-order valence-electron chi connectivity index (χ0n) is 10.7. The average Bonchev–Trinajstić information content (AvgIpc) is 3.12. The highest BCUT2D eigenvalue weighted by Crippen LogP contribution is 2.38. The normalized spacial score (nSPS) is 16.6. The van der Waals surface area contributed by atoms with Crippen LogP contribution in [0.15, 0.2) is 6.07 Å². The molecular weight excluding hydrogens is 216 g/mol. The van der Waals surface area contributed by atoms with E-state index in [0.717, 1.165) is 17.5 Å². The molecule has 17 heavy (non-hydrogen) atoms. The molecule has 0 aliphatic heterocycles. The lowest BCUT2D eigenvalue weighted by molar-refractivity contribution is 0.190. The van der Waals surface area contributed by atoms with Gasteiger partial charge in [0.25, 0.3) is 0 Å². The minimum Gasteiger partial charge on any atom is -0.383 e. The number of hydrogen-bond donors (Lipinski definition) is 2. The van der Waals surface area contributed by atoms with E-state index in [-0.39, 0.29) is 6.04 Å². The molecule has 1 aliphatic rings. The van der Waals surface area contributed by atoms with Crippen LogP contribution < -0.4 is 10.6 Å². The second-order valence-electron chi connectivity index (χ2n) is 4.52. The second kappa shape index (κ2) is 5.31. The van der Waals surface area contributed by atoms with E-state index in [1.165, 1.54) is 12.8 Å². The molecule has 1 aromatic rings. The summed E-state index contributed by atoms with van der Waals surface area (Å²) in [7, 11) is 3.58. The Hall–Kier alpha value is -1.36. The Bertz CT molecular complexity index is 379. The first-order valence-electron chi connectivity index (χ1n) is 6.05. The molecule has 1 fully saturated rings. The van der Waals surface area contributed by atoms with Crippen LogP contribution in [-0.4, -0.2) is 36.8 Å². The van der Waals surface area contributed by atoms with Crippen molar-refractivity contribution in [2.45, 2.75) is 31.7 Å². The quantitative estimate of drug-likeness (QED) is 0.789. The zero-order valence-corrected chi connectivity index (χ0v) is 10.7. The summed E-state index contributed by atoms with van der Waals surface area (Å²) in [6, 6.07) is 2.17. The highest BCUT2D eigenvalue weighted by atomic mass is 16.5. The lowest BCUT2D eigenvalue weighted by Gasteiger charge is -2.14. The van der Waals surface area contributed by atoms with Crippen LogP contribution in [-0.2, 0) is 4.74 Å². The molecule has 1 saturated carbocycles. The molecule has 94 valence electrons. The Labute approximate surface area is 102 Å². The molecule has 0 amide bonds. The lowest BCUT2D eigenvalue weighted by atomic mass is 10.3. The van der Waals surface area contributed by atoms with E-state index in [4.69, 9.17) is 4.74 Å². The van der Waals surface area contributed by atoms with E-state index in [1.54, 1.807) is 7.11 Å². The molecule has 1 aliphatic carbocycles. The van der Waals surface area contributed by atoms with Gasteiger partial charge in [0.2, 0.25) is 0 Å². The van der Waals surface area contributed by atoms with Gasteiger partial charge in [0.15, 0.2) is 0 Å². The predicted octanol–water partition coefficient (Wildman–Crippen LogP) is 1.84. The van der Waals surface area contributed by atoms with Gasteiger partial charge in [0, 0.05) is 32.2 Å². The van der Waals surface area contributed by atoms with Gasteiger partial charge in [-0.15, -0.1) is 0 Å². The van der Waals surface area contributed by atoms with E-state index in [1.807, 2.05) is 13.1 Å². The Morgan fingerprint density at radius 2 is 2.12 bits per heavy atom. The summed E-state index contributed by atoms with van der Waals surface area (Å²) in [5.74, 6) is 3.25. The maximum Gasteiger partial charge on any atom is 0.136 e. The third-order valence-corrected chi connectivity index (χ3v) is 2.75. The van der Waals surface area contributed by atoms with Crippen LogP contribution in [0, 0.1) is 0 Å². The number of nitrogens with zero attached hydrogens (tertiary/aromatic N) is 2. The second-order valence-corrected chi connectivity index (χ2v) is 4.52. The van der Waals surface area contributed by atoms with Crippen molar-refractivity contribution < 1.29 is 4.74 Å². The van der Waals surface area contributed by atoms with Crippen LogP contribution >= 0.6 is 0 Å². The molecule has 1 atom stereocenters. The number of methoxy groups -OCH3 is 1. The molecule has 2 N–H and O–H groups in total. The minimum absolute atomic E-state index is 0.242. The van der Waals surface area contributed by atoms with Crippen molar-refractivity contribution in [2.75, 3.05) is 31.4 Å². The van der Waals surface area contributed by atoms with E-state index in [9.17, 15) is 0 Å². The average molecular weight is 236 g/mol. The van der Waals surface area contributed by atoms with Crippen molar-refractivity contribution in [3.63, 3.8) is 0 Å². The van der Waals surface area contributed by atoms with E-state index >= 15 is 0 Å². The third kappa shape index (κ3) is 3.30. The number of nitrogens with one attached hydrogen (secondary N) is 2. The molecule has 1 heterocycles. The molecule has 1 aromatic heterocycles. The lowest BCUT2D eigenvalue weighted by Crippen LogP contribution is -2.22. The van der Waals surface area contributed by atoms with Crippen LogP contribution in [0.3, 0.4) is 0 Å². The molecule has 0 radical (unpaired) electrons. The maximum absolute atomic E-state index is 5.10. The summed E-state index contributed by atoms with van der Waals surface area (Å²) in [6.45, 7) is 2.74. The van der Waals surface area contributed by atoms with Gasteiger partial charge < -0.3 is 15.4 Å². The van der Waals surface area contributed by atoms with Crippen molar-refractivity contribution >= 4 is 11.6 Å². The van der Waals surface area contributed by atoms with Crippen molar-refractivity contribution in [1.29, 1.82) is 0 Å². The molecule has 2 rings (SSSR count). The molecular formula is C12H20N4O. The van der Waals surface area contributed by atoms with Crippen molar-refractivity contribution in [3.05, 3.63) is 11.9 Å². The van der Waals surface area contributed by atoms with Gasteiger partial charge in [-0.25, -0.2) is 9.97 Å². The van der Waals surface area contributed by atoms with Gasteiger partial charge in [-0.3, -0.25) is 0 Å². The Morgan fingerprint density at radius 1 is 1.41 bits per heavy atom. The topological polar surface area (TPSA) is 59.1 Å². The van der Waals surface area contributed by atoms with Crippen LogP contribution in [0.2, 0.25) is 0 Å². The monoisotopic (exact) mass is 236 g/mol. The Kier molecular flexibility index (Phi) is 3.78. The highest BCUT2D eigenvalue weighted by molar-refractivity contribution is 5.48. The number of ether oxygens (including phenoxy) is 1. The Morgan fingerprint density at radius 3 is 2.71 bits per heavy atom. The summed E-state index contributed by atoms with van der Waals surface area (Å²) in [4.78, 5) is 9.02. The van der Waals surface area contributed by atoms with Gasteiger partial charge in [0.05, 0.1) is 6.61 Å². The largest absolute Gasteiger partial charge is 0.383 e. The van der Waals surface area contributed by atoms with E-state index in [2.05, 4.69) is 27.5 Å². The highest BCUT2D eigenvalue weighted by Gasteiger charge is 2.27. The maximum atomic E-state index is 5.10. The molecule has 0 saturated heterocycles. The molecule has 0 bridgehead atoms. The van der Waals surface area contributed by atoms with Crippen molar-refractivity contribution in [2.24, 2.45) is 0 Å². The summed E-state index contributed by atoms with van der Waals surface area (Å²) in [5, 5.41) is 6.40. The fourth-order valence-electron chi connectivity index (χ4n) is 1.74. The SMILES string of the molecule is CNc1cc(NC(C)COC)nc(C2CC2)n1. The molecule has 0 aromatic carbocycles. The Balaban J connectivity index is 2.11.